The second-order valence-corrected chi connectivity index (χ2v) is 13.4. The summed E-state index contributed by atoms with van der Waals surface area (Å²) in [6, 6.07) is 17.9. The maximum atomic E-state index is 11.0. The van der Waals surface area contributed by atoms with Crippen LogP contribution in [0.1, 0.15) is 90.3 Å². The monoisotopic (exact) mass is 510 g/mol. The van der Waals surface area contributed by atoms with Crippen LogP contribution in [0.25, 0.3) is 0 Å². The van der Waals surface area contributed by atoms with Crippen molar-refractivity contribution in [2.75, 3.05) is 33.4 Å². The van der Waals surface area contributed by atoms with Crippen LogP contribution in [0.2, 0.25) is 0 Å². The first-order valence-corrected chi connectivity index (χ1v) is 14.3. The summed E-state index contributed by atoms with van der Waals surface area (Å²) in [7, 11) is 2.32. The predicted molar refractivity (Wildman–Crippen MR) is 154 cm³/mol. The zero-order valence-electron chi connectivity index (χ0n) is 24.6. The summed E-state index contributed by atoms with van der Waals surface area (Å²) < 4.78 is 13.0. The van der Waals surface area contributed by atoms with Gasteiger partial charge in [-0.1, -0.05) is 90.4 Å². The highest BCUT2D eigenvalue weighted by Gasteiger charge is 2.36. The summed E-state index contributed by atoms with van der Waals surface area (Å²) in [5.41, 5.74) is 3.97. The van der Waals surface area contributed by atoms with Crippen molar-refractivity contribution in [1.82, 2.24) is 0 Å². The largest absolute Gasteiger partial charge is 0.491 e. The Morgan fingerprint density at radius 2 is 1.57 bits per heavy atom. The third-order valence-corrected chi connectivity index (χ3v) is 7.92. The Morgan fingerprint density at radius 3 is 2.19 bits per heavy atom. The Balaban J connectivity index is 1.54. The minimum Gasteiger partial charge on any atom is -0.491 e. The molecule has 0 spiro atoms. The molecule has 0 bridgehead atoms. The lowest BCUT2D eigenvalue weighted by molar-refractivity contribution is -0.950. The van der Waals surface area contributed by atoms with Crippen molar-refractivity contribution in [3.8, 4) is 5.75 Å². The van der Waals surface area contributed by atoms with Gasteiger partial charge in [-0.15, -0.1) is 0 Å². The Labute approximate surface area is 226 Å². The SMILES string of the molecule is CC(C)(C)c1ccc(OCCOC[C@@H](O)C[N@+](C)(Cc2ccccc2)C2CCCCC2)c(C(C)(C)C)c1. The van der Waals surface area contributed by atoms with Crippen molar-refractivity contribution >= 4 is 0 Å². The zero-order chi connectivity index (χ0) is 27.1. The van der Waals surface area contributed by atoms with Gasteiger partial charge in [-0.25, -0.2) is 0 Å². The number of rotatable bonds is 11. The van der Waals surface area contributed by atoms with Crippen molar-refractivity contribution in [3.05, 3.63) is 65.2 Å². The fourth-order valence-electron chi connectivity index (χ4n) is 5.72. The van der Waals surface area contributed by atoms with E-state index in [0.717, 1.165) is 16.8 Å². The van der Waals surface area contributed by atoms with Crippen molar-refractivity contribution in [3.63, 3.8) is 0 Å². The highest BCUT2D eigenvalue weighted by molar-refractivity contribution is 5.43. The van der Waals surface area contributed by atoms with Crippen LogP contribution in [0.3, 0.4) is 0 Å². The summed E-state index contributed by atoms with van der Waals surface area (Å²) in [6.07, 6.45) is 5.93. The molecule has 2 atom stereocenters. The van der Waals surface area contributed by atoms with E-state index >= 15 is 0 Å². The van der Waals surface area contributed by atoms with Crippen molar-refractivity contribution < 1.29 is 19.1 Å². The molecule has 1 aliphatic carbocycles. The quantitative estimate of drug-likeness (QED) is 0.261. The van der Waals surface area contributed by atoms with Crippen molar-refractivity contribution in [2.24, 2.45) is 0 Å². The molecule has 0 saturated heterocycles. The van der Waals surface area contributed by atoms with Gasteiger partial charge >= 0.3 is 0 Å². The molecule has 3 rings (SSSR count). The summed E-state index contributed by atoms with van der Waals surface area (Å²) in [5, 5.41) is 11.0. The lowest BCUT2D eigenvalue weighted by Gasteiger charge is -2.44. The highest BCUT2D eigenvalue weighted by atomic mass is 16.5. The van der Waals surface area contributed by atoms with Gasteiger partial charge in [0.2, 0.25) is 0 Å². The summed E-state index contributed by atoms with van der Waals surface area (Å²) in [5.74, 6) is 0.925. The normalized spacial score (nSPS) is 17.8. The lowest BCUT2D eigenvalue weighted by atomic mass is 9.80. The van der Waals surface area contributed by atoms with E-state index in [4.69, 9.17) is 9.47 Å². The summed E-state index contributed by atoms with van der Waals surface area (Å²) >= 11 is 0. The fourth-order valence-corrected chi connectivity index (χ4v) is 5.72. The van der Waals surface area contributed by atoms with Crippen LogP contribution < -0.4 is 4.74 Å². The molecule has 0 radical (unpaired) electrons. The van der Waals surface area contributed by atoms with E-state index in [1.54, 1.807) is 0 Å². The summed E-state index contributed by atoms with van der Waals surface area (Å²) in [6.45, 7) is 16.4. The molecule has 1 saturated carbocycles. The number of nitrogens with zero attached hydrogens (tertiary/aromatic N) is 1. The average molecular weight is 511 g/mol. The van der Waals surface area contributed by atoms with E-state index in [2.05, 4.69) is 97.1 Å². The van der Waals surface area contributed by atoms with Gasteiger partial charge < -0.3 is 19.1 Å². The third kappa shape index (κ3) is 8.84. The number of aliphatic hydroxyl groups is 1. The summed E-state index contributed by atoms with van der Waals surface area (Å²) in [4.78, 5) is 0. The molecule has 206 valence electrons. The van der Waals surface area contributed by atoms with E-state index < -0.39 is 6.10 Å². The van der Waals surface area contributed by atoms with Crippen LogP contribution in [-0.2, 0) is 22.1 Å². The van der Waals surface area contributed by atoms with Gasteiger partial charge in [0.05, 0.1) is 26.3 Å². The molecule has 0 heterocycles. The van der Waals surface area contributed by atoms with Crippen LogP contribution in [-0.4, -0.2) is 55.1 Å². The maximum absolute atomic E-state index is 11.0. The fraction of sp³-hybridized carbons (Fsp3) is 0.636. The van der Waals surface area contributed by atoms with E-state index in [-0.39, 0.29) is 10.8 Å². The van der Waals surface area contributed by atoms with Crippen LogP contribution in [0.4, 0.5) is 0 Å². The van der Waals surface area contributed by atoms with Crippen LogP contribution >= 0.6 is 0 Å². The molecule has 0 unspecified atom stereocenters. The van der Waals surface area contributed by atoms with Crippen LogP contribution in [0, 0.1) is 0 Å². The molecular formula is C33H52NO3+. The standard InChI is InChI=1S/C33H52NO3/c1-32(2,3)27-18-19-31(30(22-27)33(4,5)6)37-21-20-36-25-29(35)24-34(7,28-16-12-9-13-17-28)23-26-14-10-8-11-15-26/h8,10-11,14-15,18-19,22,28-29,35H,9,12-13,16-17,20-21,23-25H2,1-7H3/q+1/t29-,34-/m0/s1. The highest BCUT2D eigenvalue weighted by Crippen LogP contribution is 2.35. The van der Waals surface area contributed by atoms with Gasteiger partial charge in [0.15, 0.2) is 0 Å². The predicted octanol–water partition coefficient (Wildman–Crippen LogP) is 7.02. The molecule has 0 amide bonds. The number of aliphatic hydroxyl groups excluding tert-OH is 1. The number of hydrogen-bond acceptors (Lipinski definition) is 3. The second kappa shape index (κ2) is 12.8. The second-order valence-electron chi connectivity index (χ2n) is 13.4. The molecule has 4 nitrogen and oxygen atoms in total. The molecule has 1 fully saturated rings. The van der Waals surface area contributed by atoms with Crippen molar-refractivity contribution in [2.45, 2.75) is 103 Å². The lowest BCUT2D eigenvalue weighted by Crippen LogP contribution is -2.56. The van der Waals surface area contributed by atoms with Gasteiger partial charge in [0.1, 0.15) is 31.5 Å². The maximum Gasteiger partial charge on any atom is 0.126 e. The number of likely N-dealkylation sites (N-methyl/N-ethyl adjacent to an activating group) is 1. The van der Waals surface area contributed by atoms with E-state index in [1.807, 2.05) is 0 Å². The number of benzene rings is 2. The molecule has 2 aromatic carbocycles. The van der Waals surface area contributed by atoms with E-state index in [9.17, 15) is 5.11 Å². The van der Waals surface area contributed by atoms with Crippen molar-refractivity contribution in [1.29, 1.82) is 0 Å². The molecule has 0 aromatic heterocycles. The molecule has 1 N–H and O–H groups in total. The Hall–Kier alpha value is -1.88. The third-order valence-electron chi connectivity index (χ3n) is 7.92. The number of ether oxygens (including phenoxy) is 2. The van der Waals surface area contributed by atoms with E-state index in [0.29, 0.717) is 32.4 Å². The first kappa shape index (κ1) is 29.7. The number of hydrogen-bond donors (Lipinski definition) is 1. The Morgan fingerprint density at radius 1 is 0.892 bits per heavy atom. The molecule has 37 heavy (non-hydrogen) atoms. The topological polar surface area (TPSA) is 38.7 Å². The number of quaternary nitrogens is 1. The minimum atomic E-state index is -0.494. The zero-order valence-corrected chi connectivity index (χ0v) is 24.6. The van der Waals surface area contributed by atoms with Gasteiger partial charge in [-0.3, -0.25) is 0 Å². The van der Waals surface area contributed by atoms with Gasteiger partial charge in [0, 0.05) is 5.56 Å². The van der Waals surface area contributed by atoms with Gasteiger partial charge in [-0.2, -0.15) is 0 Å². The first-order valence-electron chi connectivity index (χ1n) is 14.3. The van der Waals surface area contributed by atoms with E-state index in [1.165, 1.54) is 48.8 Å². The molecular weight excluding hydrogens is 458 g/mol. The average Bonchev–Trinajstić information content (AvgIpc) is 2.83. The van der Waals surface area contributed by atoms with Gasteiger partial charge in [-0.05, 0) is 53.7 Å². The van der Waals surface area contributed by atoms with Crippen LogP contribution in [0.15, 0.2) is 48.5 Å². The molecule has 1 aliphatic rings. The first-order chi connectivity index (χ1) is 17.4. The minimum absolute atomic E-state index is 0.00606. The van der Waals surface area contributed by atoms with Crippen LogP contribution in [0.5, 0.6) is 5.75 Å². The Bertz CT molecular complexity index is 954. The Kier molecular flexibility index (Phi) is 10.2. The smallest absolute Gasteiger partial charge is 0.126 e. The molecule has 2 aromatic rings. The van der Waals surface area contributed by atoms with Gasteiger partial charge in [0.25, 0.3) is 0 Å². The molecule has 0 aliphatic heterocycles. The molecule has 4 heteroatoms.